The predicted molar refractivity (Wildman–Crippen MR) is 136 cm³/mol. The van der Waals surface area contributed by atoms with Crippen LogP contribution >= 0.6 is 11.6 Å². The maximum Gasteiger partial charge on any atom is 0.385 e. The first-order chi connectivity index (χ1) is 18.3. The third kappa shape index (κ3) is 4.77. The molecule has 2 N–H and O–H groups in total. The molecule has 0 bridgehead atoms. The van der Waals surface area contributed by atoms with Crippen molar-refractivity contribution in [3.8, 4) is 5.88 Å². The minimum atomic E-state index is -1.45. The van der Waals surface area contributed by atoms with Gasteiger partial charge in [0.15, 0.2) is 16.9 Å². The summed E-state index contributed by atoms with van der Waals surface area (Å²) in [5, 5.41) is 14.9. The van der Waals surface area contributed by atoms with Gasteiger partial charge in [-0.2, -0.15) is 10.1 Å². The molecule has 2 aliphatic heterocycles. The summed E-state index contributed by atoms with van der Waals surface area (Å²) in [6.45, 7) is 0.849. The van der Waals surface area contributed by atoms with Crippen molar-refractivity contribution in [1.82, 2.24) is 19.6 Å². The average Bonchev–Trinajstić information content (AvgIpc) is 3.57. The number of hydrogen-bond acceptors (Lipinski definition) is 5. The summed E-state index contributed by atoms with van der Waals surface area (Å²) in [4.78, 5) is 33.4. The van der Waals surface area contributed by atoms with Gasteiger partial charge in [-0.1, -0.05) is 11.6 Å². The van der Waals surface area contributed by atoms with Crippen LogP contribution in [-0.4, -0.2) is 80.1 Å². The third-order valence-electron chi connectivity index (χ3n) is 8.58. The number of ether oxygens (including phenoxy) is 1. The van der Waals surface area contributed by atoms with E-state index in [4.69, 9.17) is 16.3 Å². The van der Waals surface area contributed by atoms with Gasteiger partial charge in [0.05, 0.1) is 12.6 Å². The summed E-state index contributed by atoms with van der Waals surface area (Å²) in [6, 6.07) is 3.60. The topological polar surface area (TPSA) is 102 Å². The van der Waals surface area contributed by atoms with E-state index in [1.165, 1.54) is 4.90 Å². The molecule has 2 aromatic heterocycles. The molecule has 3 fully saturated rings. The molecule has 204 valence electrons. The van der Waals surface area contributed by atoms with Crippen LogP contribution in [0, 0.1) is 0 Å². The number of amides is 2. The Morgan fingerprint density at radius 2 is 2.05 bits per heavy atom. The van der Waals surface area contributed by atoms with Crippen molar-refractivity contribution in [3.63, 3.8) is 0 Å². The number of fused-ring (bicyclic) bond motifs is 1. The van der Waals surface area contributed by atoms with Crippen LogP contribution in [0.2, 0.25) is 5.02 Å². The number of rotatable bonds is 5. The number of carbonyl (C=O) groups is 2. The minimum absolute atomic E-state index is 0.00467. The van der Waals surface area contributed by atoms with Gasteiger partial charge in [0.2, 0.25) is 5.91 Å². The van der Waals surface area contributed by atoms with Gasteiger partial charge in [-0.05, 0) is 51.0 Å². The highest BCUT2D eigenvalue weighted by Gasteiger charge is 2.54. The lowest BCUT2D eigenvalue weighted by molar-refractivity contribution is -0.397. The summed E-state index contributed by atoms with van der Waals surface area (Å²) in [6.07, 6.45) is 6.25. The summed E-state index contributed by atoms with van der Waals surface area (Å²) < 4.78 is 22.0. The molecule has 9 nitrogen and oxygen atoms in total. The molecule has 1 saturated carbocycles. The van der Waals surface area contributed by atoms with E-state index in [-0.39, 0.29) is 43.0 Å². The third-order valence-corrected chi connectivity index (χ3v) is 8.87. The minimum Gasteiger partial charge on any atom is -0.440 e. The van der Waals surface area contributed by atoms with Gasteiger partial charge in [-0.15, -0.1) is 0 Å². The van der Waals surface area contributed by atoms with Gasteiger partial charge >= 0.3 is 5.88 Å². The van der Waals surface area contributed by atoms with Crippen LogP contribution in [0.15, 0.2) is 18.3 Å². The smallest absolute Gasteiger partial charge is 0.385 e. The Morgan fingerprint density at radius 3 is 2.82 bits per heavy atom. The number of aromatic amines is 1. The number of pyridine rings is 1. The van der Waals surface area contributed by atoms with Crippen molar-refractivity contribution in [2.45, 2.75) is 88.3 Å². The van der Waals surface area contributed by atoms with Crippen molar-refractivity contribution >= 4 is 23.4 Å². The molecular weight excluding hydrogens is 513 g/mol. The first kappa shape index (κ1) is 25.6. The Hall–Kier alpha value is -2.72. The summed E-state index contributed by atoms with van der Waals surface area (Å²) in [5.74, 6) is 0.249. The zero-order chi connectivity index (χ0) is 26.4. The van der Waals surface area contributed by atoms with E-state index in [1.807, 2.05) is 11.0 Å². The molecule has 2 aromatic rings. The fourth-order valence-electron chi connectivity index (χ4n) is 6.33. The molecule has 1 spiro atoms. The molecule has 3 atom stereocenters. The predicted octanol–water partition coefficient (Wildman–Crippen LogP) is 2.38. The van der Waals surface area contributed by atoms with E-state index in [1.54, 1.807) is 16.9 Å². The zero-order valence-corrected chi connectivity index (χ0v) is 22.1. The molecule has 38 heavy (non-hydrogen) atoms. The average molecular weight is 547 g/mol. The second-order valence-corrected chi connectivity index (χ2v) is 11.5. The number of piperidine rings is 2. The summed E-state index contributed by atoms with van der Waals surface area (Å²) in [7, 11) is 0. The Labute approximate surface area is 225 Å². The van der Waals surface area contributed by atoms with Crippen molar-refractivity contribution in [2.24, 2.45) is 0 Å². The fourth-order valence-corrected chi connectivity index (χ4v) is 6.50. The van der Waals surface area contributed by atoms with E-state index < -0.39 is 12.3 Å². The highest BCUT2D eigenvalue weighted by molar-refractivity contribution is 6.31. The molecule has 0 radical (unpaired) electrons. The number of carbonyl (C=O) groups excluding carboxylic acids is 2. The monoisotopic (exact) mass is 546 g/mol. The van der Waals surface area contributed by atoms with Crippen LogP contribution in [0.1, 0.15) is 66.7 Å². The number of hydrogen-bond donors (Lipinski definition) is 1. The highest BCUT2D eigenvalue weighted by atomic mass is 35.5. The van der Waals surface area contributed by atoms with Gasteiger partial charge in [-0.25, -0.2) is 4.39 Å². The maximum absolute atomic E-state index is 14.1. The Balaban J connectivity index is 1.16. The van der Waals surface area contributed by atoms with Crippen LogP contribution in [-0.2, 0) is 24.2 Å². The Morgan fingerprint density at radius 1 is 1.24 bits per heavy atom. The number of aliphatic hydroxyl groups excluding tert-OH is 1. The molecule has 2 amide bonds. The molecule has 2 saturated heterocycles. The van der Waals surface area contributed by atoms with E-state index in [0.717, 1.165) is 56.2 Å². The molecule has 11 heteroatoms. The second-order valence-electron chi connectivity index (χ2n) is 11.1. The van der Waals surface area contributed by atoms with Gasteiger partial charge in [0, 0.05) is 48.8 Å². The van der Waals surface area contributed by atoms with Crippen molar-refractivity contribution in [1.29, 1.82) is 0 Å². The number of alkyl halides is 1. The standard InChI is InChI=1S/C27H33ClFN5O4/c28-19-5-3-11-30-25(19)38-17-7-13-33(27(14-17)9-10-27)23(36)16-34-21-6-2-1-4-18(21)24(31-34)26(37)32-12-8-22(35)20(29)15-32/h3,5,11,17,20,22,35H,1-2,4,6-10,12-16H2/p+1/t17?,20-,22+/m0/s1. The molecule has 2 aliphatic carbocycles. The van der Waals surface area contributed by atoms with E-state index in [0.29, 0.717) is 36.1 Å². The number of halogens is 2. The second kappa shape index (κ2) is 10.1. The Bertz CT molecular complexity index is 1230. The van der Waals surface area contributed by atoms with Gasteiger partial charge in [0.1, 0.15) is 18.8 Å². The van der Waals surface area contributed by atoms with E-state index >= 15 is 0 Å². The molecule has 1 unspecified atom stereocenters. The SMILES string of the molecule is O=C(c1nn(CC(=O)N2CCC(Oc3[nH+]cccc3Cl)CC23CC3)c2c1CCCC2)N1CC[C@@H](O)[C@@H](F)C1. The maximum atomic E-state index is 14.1. The van der Waals surface area contributed by atoms with Crippen molar-refractivity contribution in [2.75, 3.05) is 19.6 Å². The number of nitrogens with zero attached hydrogens (tertiary/aromatic N) is 4. The van der Waals surface area contributed by atoms with Gasteiger partial charge in [-0.3, -0.25) is 14.3 Å². The summed E-state index contributed by atoms with van der Waals surface area (Å²) >= 11 is 6.26. The molecule has 4 heterocycles. The van der Waals surface area contributed by atoms with Crippen LogP contribution in [0.25, 0.3) is 0 Å². The van der Waals surface area contributed by atoms with Gasteiger partial charge < -0.3 is 19.6 Å². The Kier molecular flexibility index (Phi) is 6.80. The molecule has 6 rings (SSSR count). The fraction of sp³-hybridized carbons (Fsp3) is 0.630. The largest absolute Gasteiger partial charge is 0.440 e. The number of aliphatic hydroxyl groups is 1. The van der Waals surface area contributed by atoms with E-state index in [2.05, 4.69) is 10.1 Å². The number of aromatic nitrogens is 3. The molecular formula is C27H34ClFN5O4+. The van der Waals surface area contributed by atoms with Crippen LogP contribution in [0.5, 0.6) is 5.88 Å². The normalized spacial score (nSPS) is 26.2. The van der Waals surface area contributed by atoms with Crippen molar-refractivity contribution < 1.29 is 28.8 Å². The lowest BCUT2D eigenvalue weighted by Gasteiger charge is -2.39. The first-order valence-corrected chi connectivity index (χ1v) is 14.1. The van der Waals surface area contributed by atoms with Crippen LogP contribution < -0.4 is 9.72 Å². The molecule has 0 aromatic carbocycles. The zero-order valence-electron chi connectivity index (χ0n) is 21.4. The van der Waals surface area contributed by atoms with E-state index in [9.17, 15) is 19.1 Å². The lowest BCUT2D eigenvalue weighted by Crippen LogP contribution is -2.51. The summed E-state index contributed by atoms with van der Waals surface area (Å²) in [5.41, 5.74) is 1.97. The number of likely N-dealkylation sites (tertiary alicyclic amines) is 2. The van der Waals surface area contributed by atoms with Crippen LogP contribution in [0.4, 0.5) is 4.39 Å². The number of H-pyrrole nitrogens is 1. The van der Waals surface area contributed by atoms with Crippen molar-refractivity contribution in [3.05, 3.63) is 40.3 Å². The van der Waals surface area contributed by atoms with Crippen LogP contribution in [0.3, 0.4) is 0 Å². The quantitative estimate of drug-likeness (QED) is 0.620. The first-order valence-electron chi connectivity index (χ1n) is 13.7. The van der Waals surface area contributed by atoms with Gasteiger partial charge in [0.25, 0.3) is 5.91 Å². The highest BCUT2D eigenvalue weighted by Crippen LogP contribution is 2.49. The lowest BCUT2D eigenvalue weighted by atomic mass is 9.94. The number of nitrogens with one attached hydrogen (secondary N) is 1. The molecule has 4 aliphatic rings.